The SMILES string of the molecule is CCC(CC1CC1)NC(=O)CNC(=O)CN. The van der Waals surface area contributed by atoms with Crippen molar-refractivity contribution in [3.63, 3.8) is 0 Å². The first kappa shape index (κ1) is 13.0. The Kier molecular flexibility index (Phi) is 5.25. The van der Waals surface area contributed by atoms with Crippen molar-refractivity contribution >= 4 is 11.8 Å². The van der Waals surface area contributed by atoms with Gasteiger partial charge in [0, 0.05) is 6.04 Å². The van der Waals surface area contributed by atoms with Crippen LogP contribution in [0.2, 0.25) is 0 Å². The molecule has 1 fully saturated rings. The molecule has 1 atom stereocenters. The Morgan fingerprint density at radius 2 is 2.06 bits per heavy atom. The standard InChI is InChI=1S/C11H21N3O2/c1-2-9(5-8-3-4-8)14-11(16)7-13-10(15)6-12/h8-9H,2-7,12H2,1H3,(H,13,15)(H,14,16). The van der Waals surface area contributed by atoms with Gasteiger partial charge < -0.3 is 16.4 Å². The summed E-state index contributed by atoms with van der Waals surface area (Å²) in [4.78, 5) is 22.3. The van der Waals surface area contributed by atoms with E-state index in [0.717, 1.165) is 18.8 Å². The molecule has 0 radical (unpaired) electrons. The number of rotatable bonds is 7. The first-order valence-corrected chi connectivity index (χ1v) is 5.91. The molecule has 1 saturated carbocycles. The molecule has 2 amide bonds. The second kappa shape index (κ2) is 6.48. The molecule has 1 rings (SSSR count). The monoisotopic (exact) mass is 227 g/mol. The summed E-state index contributed by atoms with van der Waals surface area (Å²) in [6.07, 6.45) is 4.58. The largest absolute Gasteiger partial charge is 0.352 e. The second-order valence-corrected chi connectivity index (χ2v) is 4.33. The highest BCUT2D eigenvalue weighted by atomic mass is 16.2. The molecule has 1 aliphatic rings. The molecular weight excluding hydrogens is 206 g/mol. The van der Waals surface area contributed by atoms with E-state index in [2.05, 4.69) is 17.6 Å². The van der Waals surface area contributed by atoms with Crippen LogP contribution in [0.1, 0.15) is 32.6 Å². The molecule has 0 spiro atoms. The highest BCUT2D eigenvalue weighted by Gasteiger charge is 2.25. The molecule has 5 heteroatoms. The molecule has 0 heterocycles. The number of nitrogens with two attached hydrogens (primary N) is 1. The molecule has 0 aromatic carbocycles. The van der Waals surface area contributed by atoms with Crippen molar-refractivity contribution in [3.8, 4) is 0 Å². The van der Waals surface area contributed by atoms with Crippen LogP contribution in [0.25, 0.3) is 0 Å². The minimum atomic E-state index is -0.301. The Labute approximate surface area is 96.1 Å². The van der Waals surface area contributed by atoms with Gasteiger partial charge in [0.15, 0.2) is 0 Å². The summed E-state index contributed by atoms with van der Waals surface area (Å²) in [5.41, 5.74) is 5.12. The predicted octanol–water partition coefficient (Wildman–Crippen LogP) is -0.244. The Morgan fingerprint density at radius 1 is 1.38 bits per heavy atom. The first-order valence-electron chi connectivity index (χ1n) is 5.91. The Bertz CT molecular complexity index is 252. The quantitative estimate of drug-likeness (QED) is 0.561. The summed E-state index contributed by atoms with van der Waals surface area (Å²) in [6.45, 7) is 2.01. The Balaban J connectivity index is 2.17. The minimum absolute atomic E-state index is 0.0250. The summed E-state index contributed by atoms with van der Waals surface area (Å²) in [5.74, 6) is 0.364. The van der Waals surface area contributed by atoms with Crippen LogP contribution in [0.5, 0.6) is 0 Å². The van der Waals surface area contributed by atoms with Gasteiger partial charge >= 0.3 is 0 Å². The maximum atomic E-state index is 11.5. The summed E-state index contributed by atoms with van der Waals surface area (Å²) in [5, 5.41) is 5.38. The number of carbonyl (C=O) groups excluding carboxylic acids is 2. The van der Waals surface area contributed by atoms with Gasteiger partial charge in [0.25, 0.3) is 0 Å². The van der Waals surface area contributed by atoms with Crippen LogP contribution < -0.4 is 16.4 Å². The average molecular weight is 227 g/mol. The summed E-state index contributed by atoms with van der Waals surface area (Å²) < 4.78 is 0. The number of amides is 2. The van der Waals surface area contributed by atoms with Crippen LogP contribution in [0.4, 0.5) is 0 Å². The van der Waals surface area contributed by atoms with Gasteiger partial charge in [-0.1, -0.05) is 19.8 Å². The van der Waals surface area contributed by atoms with E-state index in [1.165, 1.54) is 12.8 Å². The van der Waals surface area contributed by atoms with Crippen molar-refractivity contribution in [1.82, 2.24) is 10.6 Å². The molecule has 0 bridgehead atoms. The smallest absolute Gasteiger partial charge is 0.239 e. The van der Waals surface area contributed by atoms with Crippen molar-refractivity contribution in [2.45, 2.75) is 38.6 Å². The van der Waals surface area contributed by atoms with Gasteiger partial charge in [-0.15, -0.1) is 0 Å². The molecule has 0 aromatic heterocycles. The Hall–Kier alpha value is -1.10. The van der Waals surface area contributed by atoms with E-state index in [1.807, 2.05) is 0 Å². The third kappa shape index (κ3) is 5.11. The lowest BCUT2D eigenvalue weighted by atomic mass is 10.1. The zero-order chi connectivity index (χ0) is 12.0. The fraction of sp³-hybridized carbons (Fsp3) is 0.818. The Morgan fingerprint density at radius 3 is 2.56 bits per heavy atom. The maximum Gasteiger partial charge on any atom is 0.239 e. The fourth-order valence-electron chi connectivity index (χ4n) is 1.61. The molecule has 0 aliphatic heterocycles. The van der Waals surface area contributed by atoms with E-state index in [-0.39, 0.29) is 30.9 Å². The molecule has 1 unspecified atom stereocenters. The molecule has 4 N–H and O–H groups in total. The van der Waals surface area contributed by atoms with E-state index in [1.54, 1.807) is 0 Å². The van der Waals surface area contributed by atoms with E-state index < -0.39 is 0 Å². The van der Waals surface area contributed by atoms with E-state index >= 15 is 0 Å². The zero-order valence-corrected chi connectivity index (χ0v) is 9.79. The molecule has 16 heavy (non-hydrogen) atoms. The van der Waals surface area contributed by atoms with Crippen molar-refractivity contribution in [2.75, 3.05) is 13.1 Å². The van der Waals surface area contributed by atoms with E-state index in [9.17, 15) is 9.59 Å². The molecule has 0 saturated heterocycles. The van der Waals surface area contributed by atoms with Crippen molar-refractivity contribution < 1.29 is 9.59 Å². The van der Waals surface area contributed by atoms with Crippen LogP contribution in [0, 0.1) is 5.92 Å². The van der Waals surface area contributed by atoms with Crippen LogP contribution in [0.15, 0.2) is 0 Å². The molecule has 5 nitrogen and oxygen atoms in total. The van der Waals surface area contributed by atoms with Crippen LogP contribution >= 0.6 is 0 Å². The third-order valence-corrected chi connectivity index (χ3v) is 2.80. The average Bonchev–Trinajstić information content (AvgIpc) is 3.08. The van der Waals surface area contributed by atoms with Gasteiger partial charge in [-0.3, -0.25) is 9.59 Å². The number of nitrogens with one attached hydrogen (secondary N) is 2. The van der Waals surface area contributed by atoms with Crippen LogP contribution in [-0.2, 0) is 9.59 Å². The van der Waals surface area contributed by atoms with Crippen molar-refractivity contribution in [2.24, 2.45) is 11.7 Å². The van der Waals surface area contributed by atoms with Gasteiger partial charge in [0.1, 0.15) is 0 Å². The number of carbonyl (C=O) groups is 2. The lowest BCUT2D eigenvalue weighted by Crippen LogP contribution is -2.43. The molecule has 1 aliphatic carbocycles. The lowest BCUT2D eigenvalue weighted by molar-refractivity contribution is -0.125. The lowest BCUT2D eigenvalue weighted by Gasteiger charge is -2.16. The van der Waals surface area contributed by atoms with Gasteiger partial charge in [-0.2, -0.15) is 0 Å². The summed E-state index contributed by atoms with van der Waals surface area (Å²) >= 11 is 0. The van der Waals surface area contributed by atoms with Crippen molar-refractivity contribution in [1.29, 1.82) is 0 Å². The highest BCUT2D eigenvalue weighted by molar-refractivity contribution is 5.85. The summed E-state index contributed by atoms with van der Waals surface area (Å²) in [7, 11) is 0. The summed E-state index contributed by atoms with van der Waals surface area (Å²) in [6, 6.07) is 0.245. The van der Waals surface area contributed by atoms with Crippen molar-refractivity contribution in [3.05, 3.63) is 0 Å². The molecular formula is C11H21N3O2. The van der Waals surface area contributed by atoms with E-state index in [4.69, 9.17) is 5.73 Å². The van der Waals surface area contributed by atoms with Gasteiger partial charge in [0.05, 0.1) is 13.1 Å². The van der Waals surface area contributed by atoms with Crippen LogP contribution in [-0.4, -0.2) is 30.9 Å². The third-order valence-electron chi connectivity index (χ3n) is 2.80. The van der Waals surface area contributed by atoms with Gasteiger partial charge in [-0.05, 0) is 18.8 Å². The van der Waals surface area contributed by atoms with E-state index in [0.29, 0.717) is 0 Å². The van der Waals surface area contributed by atoms with Gasteiger partial charge in [-0.25, -0.2) is 0 Å². The zero-order valence-electron chi connectivity index (χ0n) is 9.79. The second-order valence-electron chi connectivity index (χ2n) is 4.33. The highest BCUT2D eigenvalue weighted by Crippen LogP contribution is 2.33. The van der Waals surface area contributed by atoms with Gasteiger partial charge in [0.2, 0.25) is 11.8 Å². The minimum Gasteiger partial charge on any atom is -0.352 e. The predicted molar refractivity (Wildman–Crippen MR) is 61.6 cm³/mol. The number of hydrogen-bond acceptors (Lipinski definition) is 3. The molecule has 92 valence electrons. The maximum absolute atomic E-state index is 11.5. The normalized spacial score (nSPS) is 16.6. The number of hydrogen-bond donors (Lipinski definition) is 3. The molecule has 0 aromatic rings. The first-order chi connectivity index (χ1) is 7.65. The fourth-order valence-corrected chi connectivity index (χ4v) is 1.61. The van der Waals surface area contributed by atoms with Crippen LogP contribution in [0.3, 0.4) is 0 Å². The topological polar surface area (TPSA) is 84.2 Å².